The standard InChI is InChI=1S/C36H40ClN3O4S/c1-26(2)23-38-36(42)34(21-29-11-7-5-8-12-29)39(24-30-18-15-27(3)16-19-30)35(41)25-40(33-22-31(37)20-17-28(33)4)45(43,44)32-13-9-6-10-14-32/h5-20,22,26,34H,21,23-25H2,1-4H3,(H,38,42). The van der Waals surface area contributed by atoms with Crippen LogP contribution in [0.25, 0.3) is 0 Å². The maximum absolute atomic E-state index is 14.6. The highest BCUT2D eigenvalue weighted by atomic mass is 35.5. The van der Waals surface area contributed by atoms with Gasteiger partial charge in [-0.2, -0.15) is 0 Å². The number of hydrogen-bond acceptors (Lipinski definition) is 4. The van der Waals surface area contributed by atoms with E-state index in [4.69, 9.17) is 11.6 Å². The first-order chi connectivity index (χ1) is 21.5. The SMILES string of the molecule is Cc1ccc(CN(C(=O)CN(c2cc(Cl)ccc2C)S(=O)(=O)c2ccccc2)C(Cc2ccccc2)C(=O)NCC(C)C)cc1. The van der Waals surface area contributed by atoms with Crippen LogP contribution in [0.4, 0.5) is 5.69 Å². The molecule has 0 bridgehead atoms. The summed E-state index contributed by atoms with van der Waals surface area (Å²) in [6.45, 7) is 7.76. The van der Waals surface area contributed by atoms with E-state index < -0.39 is 28.5 Å². The molecule has 7 nitrogen and oxygen atoms in total. The second-order valence-corrected chi connectivity index (χ2v) is 13.9. The maximum Gasteiger partial charge on any atom is 0.264 e. The Morgan fingerprint density at radius 1 is 0.822 bits per heavy atom. The Kier molecular flexibility index (Phi) is 11.4. The second kappa shape index (κ2) is 15.2. The van der Waals surface area contributed by atoms with Gasteiger partial charge in [0.2, 0.25) is 11.8 Å². The van der Waals surface area contributed by atoms with E-state index in [-0.39, 0.29) is 29.7 Å². The van der Waals surface area contributed by atoms with Crippen molar-refractivity contribution in [3.05, 3.63) is 130 Å². The molecule has 0 saturated heterocycles. The monoisotopic (exact) mass is 645 g/mol. The maximum atomic E-state index is 14.6. The summed E-state index contributed by atoms with van der Waals surface area (Å²) in [7, 11) is -4.20. The van der Waals surface area contributed by atoms with Crippen LogP contribution in [0.5, 0.6) is 0 Å². The molecule has 0 radical (unpaired) electrons. The van der Waals surface area contributed by atoms with Gasteiger partial charge >= 0.3 is 0 Å². The lowest BCUT2D eigenvalue weighted by Crippen LogP contribution is -2.53. The molecular weight excluding hydrogens is 606 g/mol. The number of amides is 2. The number of carbonyl (C=O) groups is 2. The van der Waals surface area contributed by atoms with Gasteiger partial charge in [0.05, 0.1) is 10.6 Å². The lowest BCUT2D eigenvalue weighted by Gasteiger charge is -2.34. The molecule has 4 aromatic rings. The minimum atomic E-state index is -4.20. The van der Waals surface area contributed by atoms with Gasteiger partial charge < -0.3 is 10.2 Å². The minimum absolute atomic E-state index is 0.0396. The third kappa shape index (κ3) is 8.96. The Balaban J connectivity index is 1.82. The summed E-state index contributed by atoms with van der Waals surface area (Å²) >= 11 is 6.35. The van der Waals surface area contributed by atoms with Crippen LogP contribution in [0.15, 0.2) is 108 Å². The van der Waals surface area contributed by atoms with Crippen LogP contribution in [0, 0.1) is 19.8 Å². The zero-order valence-corrected chi connectivity index (χ0v) is 27.7. The van der Waals surface area contributed by atoms with Gasteiger partial charge in [-0.3, -0.25) is 13.9 Å². The molecule has 4 rings (SSSR count). The molecule has 1 N–H and O–H groups in total. The highest BCUT2D eigenvalue weighted by Gasteiger charge is 2.35. The topological polar surface area (TPSA) is 86.8 Å². The van der Waals surface area contributed by atoms with Gasteiger partial charge in [-0.25, -0.2) is 8.42 Å². The van der Waals surface area contributed by atoms with Gasteiger partial charge in [0.25, 0.3) is 10.0 Å². The zero-order chi connectivity index (χ0) is 32.6. The molecule has 0 aliphatic rings. The van der Waals surface area contributed by atoms with Crippen LogP contribution in [-0.4, -0.2) is 44.3 Å². The van der Waals surface area contributed by atoms with Crippen LogP contribution < -0.4 is 9.62 Å². The summed E-state index contributed by atoms with van der Waals surface area (Å²) in [5.41, 5.74) is 3.68. The van der Waals surface area contributed by atoms with E-state index in [0.29, 0.717) is 22.8 Å². The Morgan fingerprint density at radius 2 is 1.44 bits per heavy atom. The number of nitrogens with one attached hydrogen (secondary N) is 1. The molecule has 0 fully saturated rings. The molecule has 0 aliphatic carbocycles. The lowest BCUT2D eigenvalue weighted by atomic mass is 10.0. The molecule has 236 valence electrons. The van der Waals surface area contributed by atoms with Crippen LogP contribution in [-0.2, 0) is 32.6 Å². The number of nitrogens with zero attached hydrogens (tertiary/aromatic N) is 2. The summed E-state index contributed by atoms with van der Waals surface area (Å²) < 4.78 is 29.4. The number of benzene rings is 4. The number of carbonyl (C=O) groups excluding carboxylic acids is 2. The summed E-state index contributed by atoms with van der Waals surface area (Å²) in [4.78, 5) is 30.0. The Bertz CT molecular complexity index is 1700. The van der Waals surface area contributed by atoms with Crippen LogP contribution in [0.1, 0.15) is 36.1 Å². The third-order valence-electron chi connectivity index (χ3n) is 7.48. The lowest BCUT2D eigenvalue weighted by molar-refractivity contribution is -0.140. The minimum Gasteiger partial charge on any atom is -0.354 e. The fourth-order valence-corrected chi connectivity index (χ4v) is 6.61. The summed E-state index contributed by atoms with van der Waals surface area (Å²) in [5, 5.41) is 3.34. The van der Waals surface area contributed by atoms with Crippen molar-refractivity contribution in [1.82, 2.24) is 10.2 Å². The molecule has 0 saturated carbocycles. The Hall–Kier alpha value is -4.14. The van der Waals surface area contributed by atoms with Crippen molar-refractivity contribution in [2.75, 3.05) is 17.4 Å². The fourth-order valence-electron chi connectivity index (χ4n) is 4.95. The average Bonchev–Trinajstić information content (AvgIpc) is 3.03. The Morgan fingerprint density at radius 3 is 2.07 bits per heavy atom. The van der Waals surface area contributed by atoms with E-state index in [9.17, 15) is 18.0 Å². The van der Waals surface area contributed by atoms with Gasteiger partial charge in [0.15, 0.2) is 0 Å². The number of aryl methyl sites for hydroxylation is 2. The number of halogens is 1. The van der Waals surface area contributed by atoms with Gasteiger partial charge in [0.1, 0.15) is 12.6 Å². The van der Waals surface area contributed by atoms with E-state index in [1.165, 1.54) is 17.0 Å². The van der Waals surface area contributed by atoms with E-state index in [1.54, 1.807) is 43.3 Å². The highest BCUT2D eigenvalue weighted by Crippen LogP contribution is 2.30. The van der Waals surface area contributed by atoms with Gasteiger partial charge in [-0.1, -0.05) is 110 Å². The molecule has 4 aromatic carbocycles. The number of sulfonamides is 1. The Labute approximate surface area is 271 Å². The first kappa shape index (κ1) is 33.7. The van der Waals surface area contributed by atoms with Crippen LogP contribution in [0.2, 0.25) is 5.02 Å². The average molecular weight is 646 g/mol. The first-order valence-electron chi connectivity index (χ1n) is 15.0. The van der Waals surface area contributed by atoms with Gasteiger partial charge in [-0.15, -0.1) is 0 Å². The van der Waals surface area contributed by atoms with Crippen LogP contribution >= 0.6 is 11.6 Å². The molecule has 1 atom stereocenters. The molecule has 1 unspecified atom stereocenters. The third-order valence-corrected chi connectivity index (χ3v) is 9.49. The normalized spacial score (nSPS) is 12.0. The van der Waals surface area contributed by atoms with E-state index >= 15 is 0 Å². The van der Waals surface area contributed by atoms with Crippen molar-refractivity contribution in [2.45, 2.75) is 51.6 Å². The zero-order valence-electron chi connectivity index (χ0n) is 26.1. The van der Waals surface area contributed by atoms with Crippen LogP contribution in [0.3, 0.4) is 0 Å². The van der Waals surface area contributed by atoms with Gasteiger partial charge in [0, 0.05) is 24.5 Å². The molecular formula is C36H40ClN3O4S. The molecule has 0 aliphatic heterocycles. The van der Waals surface area contributed by atoms with Crippen molar-refractivity contribution in [3.8, 4) is 0 Å². The van der Waals surface area contributed by atoms with Crippen molar-refractivity contribution >= 4 is 39.1 Å². The molecule has 0 spiro atoms. The van der Waals surface area contributed by atoms with Crippen molar-refractivity contribution < 1.29 is 18.0 Å². The van der Waals surface area contributed by atoms with Gasteiger partial charge in [-0.05, 0) is 60.7 Å². The summed E-state index contributed by atoms with van der Waals surface area (Å²) in [6, 6.07) is 29.3. The number of hydrogen-bond donors (Lipinski definition) is 1. The predicted octanol–water partition coefficient (Wildman–Crippen LogP) is 6.56. The van der Waals surface area contributed by atoms with Crippen molar-refractivity contribution in [2.24, 2.45) is 5.92 Å². The summed E-state index contributed by atoms with van der Waals surface area (Å²) in [5.74, 6) is -0.621. The number of rotatable bonds is 13. The number of anilines is 1. The fraction of sp³-hybridized carbons (Fsp3) is 0.278. The quantitative estimate of drug-likeness (QED) is 0.178. The largest absolute Gasteiger partial charge is 0.354 e. The molecule has 0 aromatic heterocycles. The van der Waals surface area contributed by atoms with E-state index in [1.807, 2.05) is 75.4 Å². The first-order valence-corrected chi connectivity index (χ1v) is 16.8. The summed E-state index contributed by atoms with van der Waals surface area (Å²) in [6.07, 6.45) is 0.254. The van der Waals surface area contributed by atoms with E-state index in [0.717, 1.165) is 21.0 Å². The van der Waals surface area contributed by atoms with Crippen molar-refractivity contribution in [3.63, 3.8) is 0 Å². The second-order valence-electron chi connectivity index (χ2n) is 11.6. The molecule has 45 heavy (non-hydrogen) atoms. The molecule has 9 heteroatoms. The molecule has 2 amide bonds. The smallest absolute Gasteiger partial charge is 0.264 e. The van der Waals surface area contributed by atoms with Crippen molar-refractivity contribution in [1.29, 1.82) is 0 Å². The van der Waals surface area contributed by atoms with E-state index in [2.05, 4.69) is 5.32 Å². The molecule has 0 heterocycles. The highest BCUT2D eigenvalue weighted by molar-refractivity contribution is 7.92. The predicted molar refractivity (Wildman–Crippen MR) is 181 cm³/mol.